The number of aryl methyl sites for hydroxylation is 1. The molecule has 1 aromatic rings. The van der Waals surface area contributed by atoms with Crippen LogP contribution in [-0.2, 0) is 4.74 Å². The van der Waals surface area contributed by atoms with Gasteiger partial charge in [-0.15, -0.1) is 0 Å². The van der Waals surface area contributed by atoms with E-state index in [2.05, 4.69) is 20.2 Å². The first-order valence-corrected chi connectivity index (χ1v) is 7.61. The van der Waals surface area contributed by atoms with Crippen molar-refractivity contribution in [3.8, 4) is 0 Å². The Hall–Kier alpha value is -2.09. The zero-order valence-corrected chi connectivity index (χ0v) is 12.8. The van der Waals surface area contributed by atoms with Crippen molar-refractivity contribution >= 4 is 17.8 Å². The number of rotatable bonds is 2. The number of urea groups is 1. The summed E-state index contributed by atoms with van der Waals surface area (Å²) in [6.07, 6.45) is 0.894. The molecule has 3 rings (SSSR count). The molecule has 0 aliphatic carbocycles. The van der Waals surface area contributed by atoms with Gasteiger partial charge in [-0.3, -0.25) is 0 Å². The Labute approximate surface area is 129 Å². The molecule has 0 saturated carbocycles. The normalized spacial score (nSPS) is 22.0. The minimum atomic E-state index is -0.00599. The average Bonchev–Trinajstić information content (AvgIpc) is 2.99. The maximum Gasteiger partial charge on any atom is 0.317 e. The first-order chi connectivity index (χ1) is 10.6. The third kappa shape index (κ3) is 3.38. The van der Waals surface area contributed by atoms with Crippen LogP contribution in [0, 0.1) is 6.92 Å². The van der Waals surface area contributed by atoms with Crippen LogP contribution in [0.15, 0.2) is 6.07 Å². The molecule has 2 aliphatic rings. The molecule has 1 aromatic heterocycles. The Bertz CT molecular complexity index is 518. The number of aromatic nitrogens is 2. The van der Waals surface area contributed by atoms with Crippen LogP contribution in [0.3, 0.4) is 0 Å². The highest BCUT2D eigenvalue weighted by atomic mass is 16.5. The van der Waals surface area contributed by atoms with Gasteiger partial charge in [-0.2, -0.15) is 4.98 Å². The van der Waals surface area contributed by atoms with E-state index in [1.54, 1.807) is 0 Å². The third-order valence-corrected chi connectivity index (χ3v) is 4.01. The lowest BCUT2D eigenvalue weighted by Crippen LogP contribution is -2.53. The van der Waals surface area contributed by atoms with E-state index in [0.29, 0.717) is 19.7 Å². The van der Waals surface area contributed by atoms with Crippen LogP contribution in [0.1, 0.15) is 12.1 Å². The smallest absolute Gasteiger partial charge is 0.317 e. The van der Waals surface area contributed by atoms with Gasteiger partial charge in [0.2, 0.25) is 5.95 Å². The van der Waals surface area contributed by atoms with Crippen molar-refractivity contribution in [3.63, 3.8) is 0 Å². The van der Waals surface area contributed by atoms with Crippen LogP contribution < -0.4 is 16.0 Å². The SMILES string of the molecule is Cc1cc(N2CCN(C(=O)N[C@H]3CCOC3)CC2)nc(N)n1. The van der Waals surface area contributed by atoms with Crippen molar-refractivity contribution in [1.82, 2.24) is 20.2 Å². The molecule has 0 unspecified atom stereocenters. The van der Waals surface area contributed by atoms with E-state index in [1.165, 1.54) is 0 Å². The summed E-state index contributed by atoms with van der Waals surface area (Å²) < 4.78 is 5.28. The van der Waals surface area contributed by atoms with Crippen molar-refractivity contribution in [2.24, 2.45) is 0 Å². The first-order valence-electron chi connectivity index (χ1n) is 7.61. The fourth-order valence-corrected chi connectivity index (χ4v) is 2.79. The maximum atomic E-state index is 12.2. The lowest BCUT2D eigenvalue weighted by atomic mass is 10.2. The zero-order chi connectivity index (χ0) is 15.5. The monoisotopic (exact) mass is 306 g/mol. The summed E-state index contributed by atoms with van der Waals surface area (Å²) in [6, 6.07) is 2.06. The molecule has 2 fully saturated rings. The van der Waals surface area contributed by atoms with Crippen LogP contribution in [0.4, 0.5) is 16.6 Å². The molecule has 0 spiro atoms. The largest absolute Gasteiger partial charge is 0.379 e. The predicted molar refractivity (Wildman–Crippen MR) is 82.7 cm³/mol. The fraction of sp³-hybridized carbons (Fsp3) is 0.643. The van der Waals surface area contributed by atoms with Crippen LogP contribution in [-0.4, -0.2) is 66.3 Å². The molecule has 0 radical (unpaired) electrons. The van der Waals surface area contributed by atoms with Crippen LogP contribution in [0.25, 0.3) is 0 Å². The standard InChI is InChI=1S/C14H22N6O2/c1-10-8-12(18-13(15)16-10)19-3-5-20(6-4-19)14(21)17-11-2-7-22-9-11/h8,11H,2-7,9H2,1H3,(H,17,21)(H2,15,16,18)/t11-/m0/s1. The number of nitrogen functional groups attached to an aromatic ring is 1. The molecule has 2 amide bonds. The Balaban J connectivity index is 1.54. The van der Waals surface area contributed by atoms with E-state index in [1.807, 2.05) is 17.9 Å². The van der Waals surface area contributed by atoms with Crippen LogP contribution >= 0.6 is 0 Å². The molecule has 0 bridgehead atoms. The number of anilines is 2. The van der Waals surface area contributed by atoms with E-state index in [0.717, 1.165) is 37.6 Å². The van der Waals surface area contributed by atoms with Crippen LogP contribution in [0.2, 0.25) is 0 Å². The lowest BCUT2D eigenvalue weighted by molar-refractivity contribution is 0.176. The molecule has 22 heavy (non-hydrogen) atoms. The molecule has 8 heteroatoms. The number of nitrogens with two attached hydrogens (primary N) is 1. The zero-order valence-electron chi connectivity index (χ0n) is 12.8. The Kier molecular flexibility index (Phi) is 4.28. The average molecular weight is 306 g/mol. The van der Waals surface area contributed by atoms with Crippen molar-refractivity contribution in [1.29, 1.82) is 0 Å². The molecular formula is C14H22N6O2. The molecule has 3 N–H and O–H groups in total. The molecule has 1 atom stereocenters. The number of nitrogens with one attached hydrogen (secondary N) is 1. The van der Waals surface area contributed by atoms with Gasteiger partial charge in [0.25, 0.3) is 0 Å². The minimum absolute atomic E-state index is 0.00599. The molecule has 8 nitrogen and oxygen atoms in total. The topological polar surface area (TPSA) is 96.6 Å². The molecule has 2 aliphatic heterocycles. The van der Waals surface area contributed by atoms with Gasteiger partial charge in [0.15, 0.2) is 0 Å². The predicted octanol–water partition coefficient (Wildman–Crippen LogP) is -0.0123. The van der Waals surface area contributed by atoms with Gasteiger partial charge in [0.05, 0.1) is 12.6 Å². The van der Waals surface area contributed by atoms with Gasteiger partial charge >= 0.3 is 6.03 Å². The van der Waals surface area contributed by atoms with Gasteiger partial charge in [0, 0.05) is 44.5 Å². The summed E-state index contributed by atoms with van der Waals surface area (Å²) in [5, 5.41) is 3.02. The fourth-order valence-electron chi connectivity index (χ4n) is 2.79. The minimum Gasteiger partial charge on any atom is -0.379 e. The summed E-state index contributed by atoms with van der Waals surface area (Å²) in [6.45, 7) is 6.06. The maximum absolute atomic E-state index is 12.2. The summed E-state index contributed by atoms with van der Waals surface area (Å²) >= 11 is 0. The highest BCUT2D eigenvalue weighted by Gasteiger charge is 2.25. The third-order valence-electron chi connectivity index (χ3n) is 4.01. The summed E-state index contributed by atoms with van der Waals surface area (Å²) in [5.41, 5.74) is 6.55. The van der Waals surface area contributed by atoms with E-state index in [9.17, 15) is 4.79 Å². The number of nitrogens with zero attached hydrogens (tertiary/aromatic N) is 4. The highest BCUT2D eigenvalue weighted by molar-refractivity contribution is 5.75. The Morgan fingerprint density at radius 3 is 2.77 bits per heavy atom. The second-order valence-corrected chi connectivity index (χ2v) is 5.71. The van der Waals surface area contributed by atoms with Crippen molar-refractivity contribution in [2.45, 2.75) is 19.4 Å². The number of amides is 2. The van der Waals surface area contributed by atoms with Gasteiger partial charge in [0.1, 0.15) is 5.82 Å². The van der Waals surface area contributed by atoms with Crippen molar-refractivity contribution in [3.05, 3.63) is 11.8 Å². The second kappa shape index (κ2) is 6.35. The molecule has 2 saturated heterocycles. The van der Waals surface area contributed by atoms with E-state index >= 15 is 0 Å². The summed E-state index contributed by atoms with van der Waals surface area (Å²) in [7, 11) is 0. The number of hydrogen-bond donors (Lipinski definition) is 2. The molecule has 0 aromatic carbocycles. The van der Waals surface area contributed by atoms with E-state index in [-0.39, 0.29) is 18.0 Å². The molecule has 120 valence electrons. The van der Waals surface area contributed by atoms with Crippen LogP contribution in [0.5, 0.6) is 0 Å². The van der Waals surface area contributed by atoms with Crippen molar-refractivity contribution in [2.75, 3.05) is 50.0 Å². The van der Waals surface area contributed by atoms with Gasteiger partial charge in [-0.25, -0.2) is 9.78 Å². The Morgan fingerprint density at radius 2 is 2.14 bits per heavy atom. The number of carbonyl (C=O) groups excluding carboxylic acids is 1. The quantitative estimate of drug-likeness (QED) is 0.797. The van der Waals surface area contributed by atoms with Crippen molar-refractivity contribution < 1.29 is 9.53 Å². The number of carbonyl (C=O) groups is 1. The van der Waals surface area contributed by atoms with Gasteiger partial charge in [-0.1, -0.05) is 0 Å². The second-order valence-electron chi connectivity index (χ2n) is 5.71. The molecule has 3 heterocycles. The number of hydrogen-bond acceptors (Lipinski definition) is 6. The summed E-state index contributed by atoms with van der Waals surface area (Å²) in [4.78, 5) is 24.5. The number of ether oxygens (including phenoxy) is 1. The Morgan fingerprint density at radius 1 is 1.36 bits per heavy atom. The molecular weight excluding hydrogens is 284 g/mol. The summed E-state index contributed by atoms with van der Waals surface area (Å²) in [5.74, 6) is 1.12. The first kappa shape index (κ1) is 14.8. The van der Waals surface area contributed by atoms with E-state index < -0.39 is 0 Å². The lowest BCUT2D eigenvalue weighted by Gasteiger charge is -2.35. The number of piperazine rings is 1. The van der Waals surface area contributed by atoms with Gasteiger partial charge in [-0.05, 0) is 13.3 Å². The van der Waals surface area contributed by atoms with Gasteiger partial charge < -0.3 is 25.6 Å². The van der Waals surface area contributed by atoms with E-state index in [4.69, 9.17) is 10.5 Å². The highest BCUT2D eigenvalue weighted by Crippen LogP contribution is 2.16.